The molecule has 2 unspecified atom stereocenters. The molecule has 2 heterocycles. The van der Waals surface area contributed by atoms with E-state index >= 15 is 0 Å². The highest BCUT2D eigenvalue weighted by Gasteiger charge is 2.52. The number of aromatic amines is 1. The van der Waals surface area contributed by atoms with Gasteiger partial charge in [-0.1, -0.05) is 18.2 Å². The number of benzene rings is 2. The molecule has 1 aromatic heterocycles. The third-order valence-electron chi connectivity index (χ3n) is 6.07. The summed E-state index contributed by atoms with van der Waals surface area (Å²) in [6, 6.07) is 9.89. The van der Waals surface area contributed by atoms with Gasteiger partial charge in [-0.15, -0.1) is 0 Å². The monoisotopic (exact) mass is 439 g/mol. The summed E-state index contributed by atoms with van der Waals surface area (Å²) in [5.41, 5.74) is -0.317. The standard InChI is InChI=1S/C22H23N4O6/c1-24-18(10-14-12-23-16-4-3-5-17(19(14)16)26(31)32)20(28)25(2)22(30,21(24)29)11-13-6-8-15(27)9-7-13/h3-9,12,18,23,27,30-31H,10-11H2,1-2H3/q-1. The van der Waals surface area contributed by atoms with Crippen LogP contribution in [0.1, 0.15) is 11.1 Å². The van der Waals surface area contributed by atoms with Gasteiger partial charge in [-0.3, -0.25) is 14.8 Å². The molecule has 168 valence electrons. The van der Waals surface area contributed by atoms with Crippen LogP contribution in [0.25, 0.3) is 10.9 Å². The number of amides is 2. The molecule has 0 saturated carbocycles. The molecule has 4 rings (SSSR count). The number of nitrogens with zero attached hydrogens (tertiary/aromatic N) is 3. The van der Waals surface area contributed by atoms with Crippen LogP contribution in [-0.4, -0.2) is 67.9 Å². The molecule has 1 aliphatic rings. The topological polar surface area (TPSA) is 143 Å². The van der Waals surface area contributed by atoms with Crippen molar-refractivity contribution in [1.29, 1.82) is 0 Å². The maximum absolute atomic E-state index is 13.2. The molecule has 3 aromatic rings. The second-order valence-electron chi connectivity index (χ2n) is 7.98. The maximum atomic E-state index is 13.2. The summed E-state index contributed by atoms with van der Waals surface area (Å²) in [4.78, 5) is 31.6. The molecule has 1 aliphatic heterocycles. The van der Waals surface area contributed by atoms with E-state index in [2.05, 4.69) is 4.98 Å². The predicted molar refractivity (Wildman–Crippen MR) is 116 cm³/mol. The van der Waals surface area contributed by atoms with Gasteiger partial charge in [0.15, 0.2) is 0 Å². The van der Waals surface area contributed by atoms with Gasteiger partial charge >= 0.3 is 0 Å². The van der Waals surface area contributed by atoms with Crippen LogP contribution in [0.5, 0.6) is 5.75 Å². The van der Waals surface area contributed by atoms with E-state index in [0.717, 1.165) is 4.90 Å². The van der Waals surface area contributed by atoms with Crippen molar-refractivity contribution in [1.82, 2.24) is 14.8 Å². The minimum atomic E-state index is -2.08. The van der Waals surface area contributed by atoms with Crippen LogP contribution in [0.4, 0.5) is 5.69 Å². The Balaban J connectivity index is 1.65. The highest BCUT2D eigenvalue weighted by atomic mass is 16.8. The van der Waals surface area contributed by atoms with Crippen LogP contribution in [0.15, 0.2) is 48.7 Å². The first kappa shape index (κ1) is 21.6. The number of rotatable bonds is 5. The zero-order valence-corrected chi connectivity index (χ0v) is 17.5. The molecule has 0 aliphatic carbocycles. The second kappa shape index (κ2) is 7.83. The average Bonchev–Trinajstić information content (AvgIpc) is 3.19. The number of phenolic OH excluding ortho intramolecular Hbond substituents is 1. The van der Waals surface area contributed by atoms with E-state index in [4.69, 9.17) is 0 Å². The number of carbonyl (C=O) groups is 2. The first-order valence-electron chi connectivity index (χ1n) is 9.94. The van der Waals surface area contributed by atoms with Crippen molar-refractivity contribution in [3.8, 4) is 5.75 Å². The van der Waals surface area contributed by atoms with Gasteiger partial charge in [-0.2, -0.15) is 0 Å². The van der Waals surface area contributed by atoms with E-state index < -0.39 is 23.6 Å². The SMILES string of the molecule is CN1C(=O)C(O)(Cc2ccc(O)cc2)N(C)C(=O)C1Cc1c[nH]c2cccc(N([O-])O)c12. The highest BCUT2D eigenvalue weighted by Crippen LogP contribution is 2.33. The van der Waals surface area contributed by atoms with E-state index in [1.807, 2.05) is 0 Å². The Kier molecular flexibility index (Phi) is 5.29. The Labute approximate surface area is 183 Å². The number of phenols is 1. The number of piperazine rings is 1. The molecule has 2 amide bonds. The number of hydrogen-bond acceptors (Lipinski definition) is 7. The highest BCUT2D eigenvalue weighted by molar-refractivity contribution is 6.00. The summed E-state index contributed by atoms with van der Waals surface area (Å²) in [6.07, 6.45) is 1.56. The van der Waals surface area contributed by atoms with Crippen LogP contribution in [0.2, 0.25) is 0 Å². The fraction of sp³-hybridized carbons (Fsp3) is 0.273. The lowest BCUT2D eigenvalue weighted by Gasteiger charge is -2.47. The minimum absolute atomic E-state index is 0.0215. The fourth-order valence-electron chi connectivity index (χ4n) is 4.22. The summed E-state index contributed by atoms with van der Waals surface area (Å²) in [6.45, 7) is 0. The van der Waals surface area contributed by atoms with Crippen molar-refractivity contribution < 1.29 is 25.0 Å². The van der Waals surface area contributed by atoms with Crippen LogP contribution in [0.3, 0.4) is 0 Å². The predicted octanol–water partition coefficient (Wildman–Crippen LogP) is 1.34. The van der Waals surface area contributed by atoms with E-state index in [0.29, 0.717) is 22.0 Å². The van der Waals surface area contributed by atoms with E-state index in [9.17, 15) is 30.2 Å². The zero-order valence-electron chi connectivity index (χ0n) is 17.5. The van der Waals surface area contributed by atoms with Crippen molar-refractivity contribution >= 4 is 28.4 Å². The lowest BCUT2D eigenvalue weighted by Crippen LogP contribution is -2.70. The van der Waals surface area contributed by atoms with Gasteiger partial charge in [-0.05, 0) is 35.4 Å². The molecule has 1 saturated heterocycles. The molecule has 0 radical (unpaired) electrons. The van der Waals surface area contributed by atoms with Crippen molar-refractivity contribution in [2.24, 2.45) is 0 Å². The quantitative estimate of drug-likeness (QED) is 0.439. The smallest absolute Gasteiger partial charge is 0.276 e. The Morgan fingerprint density at radius 3 is 2.50 bits per heavy atom. The number of nitrogens with one attached hydrogen (secondary N) is 1. The molecular formula is C22H23N4O6-. The summed E-state index contributed by atoms with van der Waals surface area (Å²) in [5, 5.41) is 41.9. The number of aromatic nitrogens is 1. The van der Waals surface area contributed by atoms with Gasteiger partial charge in [0.05, 0.1) is 5.69 Å². The van der Waals surface area contributed by atoms with Crippen LogP contribution < -0.4 is 5.23 Å². The van der Waals surface area contributed by atoms with E-state index in [1.165, 1.54) is 37.2 Å². The van der Waals surface area contributed by atoms with Gasteiger partial charge < -0.3 is 35.4 Å². The molecule has 4 N–H and O–H groups in total. The summed E-state index contributed by atoms with van der Waals surface area (Å²) >= 11 is 0. The van der Waals surface area contributed by atoms with Crippen molar-refractivity contribution in [2.75, 3.05) is 19.3 Å². The zero-order chi connectivity index (χ0) is 23.2. The van der Waals surface area contributed by atoms with Crippen molar-refractivity contribution in [2.45, 2.75) is 24.6 Å². The van der Waals surface area contributed by atoms with Gasteiger partial charge in [0.2, 0.25) is 11.6 Å². The Bertz CT molecular complexity index is 1170. The lowest BCUT2D eigenvalue weighted by atomic mass is 9.92. The summed E-state index contributed by atoms with van der Waals surface area (Å²) in [7, 11) is 2.82. The van der Waals surface area contributed by atoms with Crippen LogP contribution in [-0.2, 0) is 22.4 Å². The largest absolute Gasteiger partial charge is 0.733 e. The van der Waals surface area contributed by atoms with Crippen LogP contribution >= 0.6 is 0 Å². The Morgan fingerprint density at radius 1 is 1.16 bits per heavy atom. The molecule has 0 spiro atoms. The van der Waals surface area contributed by atoms with Crippen molar-refractivity contribution in [3.05, 3.63) is 65.0 Å². The second-order valence-corrected chi connectivity index (χ2v) is 7.98. The Morgan fingerprint density at radius 2 is 1.84 bits per heavy atom. The number of fused-ring (bicyclic) bond motifs is 1. The van der Waals surface area contributed by atoms with Gasteiger partial charge in [-0.25, -0.2) is 0 Å². The number of carbonyl (C=O) groups excluding carboxylic acids is 2. The van der Waals surface area contributed by atoms with Gasteiger partial charge in [0.1, 0.15) is 11.8 Å². The lowest BCUT2D eigenvalue weighted by molar-refractivity contribution is -0.194. The fourth-order valence-corrected chi connectivity index (χ4v) is 4.22. The third-order valence-corrected chi connectivity index (χ3v) is 6.07. The van der Waals surface area contributed by atoms with Crippen molar-refractivity contribution in [3.63, 3.8) is 0 Å². The number of aromatic hydroxyl groups is 1. The first-order valence-corrected chi connectivity index (χ1v) is 9.94. The summed E-state index contributed by atoms with van der Waals surface area (Å²) < 4.78 is 0. The molecule has 1 fully saturated rings. The number of aliphatic hydroxyl groups is 1. The molecule has 0 bridgehead atoms. The van der Waals surface area contributed by atoms with Gasteiger partial charge in [0.25, 0.3) is 5.91 Å². The molecule has 2 atom stereocenters. The molecular weight excluding hydrogens is 416 g/mol. The van der Waals surface area contributed by atoms with Crippen LogP contribution in [0, 0.1) is 5.21 Å². The third kappa shape index (κ3) is 3.44. The van der Waals surface area contributed by atoms with E-state index in [1.54, 1.807) is 30.5 Å². The number of anilines is 1. The maximum Gasteiger partial charge on any atom is 0.276 e. The normalized spacial score (nSPS) is 21.5. The molecule has 2 aromatic carbocycles. The minimum Gasteiger partial charge on any atom is -0.733 e. The van der Waals surface area contributed by atoms with E-state index in [-0.39, 0.29) is 29.5 Å². The Hall–Kier alpha value is -3.60. The number of likely N-dealkylation sites (N-methyl/N-ethyl adjacent to an activating group) is 2. The number of H-pyrrole nitrogens is 1. The summed E-state index contributed by atoms with van der Waals surface area (Å²) in [5.74, 6) is -1.07. The molecule has 10 nitrogen and oxygen atoms in total. The first-order chi connectivity index (χ1) is 15.1. The van der Waals surface area contributed by atoms with Gasteiger partial charge in [0, 0.05) is 44.0 Å². The average molecular weight is 439 g/mol. The molecule has 10 heteroatoms. The molecule has 32 heavy (non-hydrogen) atoms. The number of hydrogen-bond donors (Lipinski definition) is 4.